The van der Waals surface area contributed by atoms with Crippen LogP contribution in [0.4, 0.5) is 4.39 Å². The van der Waals surface area contributed by atoms with Gasteiger partial charge in [-0.3, -0.25) is 0 Å². The van der Waals surface area contributed by atoms with Crippen LogP contribution in [0.1, 0.15) is 10.4 Å². The highest BCUT2D eigenvalue weighted by Crippen LogP contribution is 2.29. The van der Waals surface area contributed by atoms with E-state index < -0.39 is 11.8 Å². The van der Waals surface area contributed by atoms with Crippen LogP contribution >= 0.6 is 15.9 Å². The maximum absolute atomic E-state index is 13.6. The molecule has 0 aliphatic heterocycles. The fourth-order valence-electron chi connectivity index (χ4n) is 1.95. The number of benzene rings is 1. The van der Waals surface area contributed by atoms with Gasteiger partial charge in [0.2, 0.25) is 0 Å². The normalized spacial score (nSPS) is 10.9. The van der Waals surface area contributed by atoms with Crippen LogP contribution in [-0.2, 0) is 0 Å². The molecule has 20 heavy (non-hydrogen) atoms. The zero-order chi connectivity index (χ0) is 14.3. The summed E-state index contributed by atoms with van der Waals surface area (Å²) in [4.78, 5) is 15.6. The van der Waals surface area contributed by atoms with Crippen LogP contribution in [0.3, 0.4) is 0 Å². The monoisotopic (exact) mass is 335 g/mol. The van der Waals surface area contributed by atoms with E-state index >= 15 is 0 Å². The second-order valence-corrected chi connectivity index (χ2v) is 4.98. The molecule has 0 amide bonds. The van der Waals surface area contributed by atoms with Crippen LogP contribution in [0.25, 0.3) is 22.4 Å². The second kappa shape index (κ2) is 4.72. The van der Waals surface area contributed by atoms with Crippen molar-refractivity contribution in [2.45, 2.75) is 0 Å². The Labute approximate surface area is 121 Å². The molecule has 4 nitrogen and oxygen atoms in total. The number of halogens is 2. The highest BCUT2D eigenvalue weighted by Gasteiger charge is 2.16. The maximum Gasteiger partial charge on any atom is 0.336 e. The zero-order valence-electron chi connectivity index (χ0n) is 9.93. The Hall–Kier alpha value is -2.21. The third-order valence-corrected chi connectivity index (χ3v) is 3.46. The number of hydrogen-bond acceptors (Lipinski definition) is 3. The number of carboxylic acid groups (broad SMARTS) is 1. The number of hydrogen-bond donors (Lipinski definition) is 1. The van der Waals surface area contributed by atoms with Crippen molar-refractivity contribution < 1.29 is 18.7 Å². The van der Waals surface area contributed by atoms with Gasteiger partial charge in [0, 0.05) is 11.5 Å². The first-order valence-electron chi connectivity index (χ1n) is 5.63. The van der Waals surface area contributed by atoms with E-state index in [-0.39, 0.29) is 15.6 Å². The molecule has 0 aliphatic carbocycles. The lowest BCUT2D eigenvalue weighted by atomic mass is 10.1. The number of furan rings is 1. The smallest absolute Gasteiger partial charge is 0.336 e. The van der Waals surface area contributed by atoms with Crippen molar-refractivity contribution >= 4 is 32.8 Å². The molecule has 0 saturated heterocycles. The molecule has 0 unspecified atom stereocenters. The van der Waals surface area contributed by atoms with Crippen LogP contribution in [0.15, 0.2) is 45.5 Å². The van der Waals surface area contributed by atoms with E-state index in [0.717, 1.165) is 0 Å². The molecule has 0 bridgehead atoms. The molecule has 6 heteroatoms. The Morgan fingerprint density at radius 1 is 1.35 bits per heavy atom. The van der Waals surface area contributed by atoms with E-state index in [0.29, 0.717) is 16.8 Å². The molecule has 3 aromatic rings. The third-order valence-electron chi connectivity index (χ3n) is 2.85. The van der Waals surface area contributed by atoms with Gasteiger partial charge in [0.05, 0.1) is 21.8 Å². The summed E-state index contributed by atoms with van der Waals surface area (Å²) >= 11 is 3.04. The Morgan fingerprint density at radius 2 is 2.15 bits per heavy atom. The first-order valence-corrected chi connectivity index (χ1v) is 6.42. The van der Waals surface area contributed by atoms with Gasteiger partial charge in [-0.25, -0.2) is 14.2 Å². The number of nitrogens with zero attached hydrogens (tertiary/aromatic N) is 1. The van der Waals surface area contributed by atoms with E-state index in [2.05, 4.69) is 20.9 Å². The number of aromatic carboxylic acids is 1. The van der Waals surface area contributed by atoms with Crippen LogP contribution in [0, 0.1) is 5.82 Å². The van der Waals surface area contributed by atoms with E-state index in [9.17, 15) is 14.3 Å². The quantitative estimate of drug-likeness (QED) is 0.765. The summed E-state index contributed by atoms with van der Waals surface area (Å²) in [6, 6.07) is 7.35. The Balaban J connectivity index is 2.36. The molecule has 0 atom stereocenters. The summed E-state index contributed by atoms with van der Waals surface area (Å²) in [6.07, 6.45) is 1.46. The van der Waals surface area contributed by atoms with Gasteiger partial charge in [0.1, 0.15) is 11.5 Å². The summed E-state index contributed by atoms with van der Waals surface area (Å²) in [6.45, 7) is 0. The fraction of sp³-hybridized carbons (Fsp3) is 0. The Kier molecular flexibility index (Phi) is 3.02. The highest BCUT2D eigenvalue weighted by molar-refractivity contribution is 9.10. The molecule has 0 fully saturated rings. The molecular weight excluding hydrogens is 329 g/mol. The van der Waals surface area contributed by atoms with Gasteiger partial charge < -0.3 is 9.52 Å². The number of carbonyl (C=O) groups is 1. The first kappa shape index (κ1) is 12.8. The number of fused-ring (bicyclic) bond motifs is 1. The van der Waals surface area contributed by atoms with Crippen molar-refractivity contribution in [3.63, 3.8) is 0 Å². The first-order chi connectivity index (χ1) is 9.56. The summed E-state index contributed by atoms with van der Waals surface area (Å²) in [5.74, 6) is -1.18. The van der Waals surface area contributed by atoms with Crippen molar-refractivity contribution in [1.82, 2.24) is 4.98 Å². The molecule has 0 spiro atoms. The van der Waals surface area contributed by atoms with Gasteiger partial charge in [0.25, 0.3) is 0 Å². The minimum Gasteiger partial charge on any atom is -0.478 e. The van der Waals surface area contributed by atoms with Crippen molar-refractivity contribution in [2.24, 2.45) is 0 Å². The van der Waals surface area contributed by atoms with Gasteiger partial charge in [-0.15, -0.1) is 0 Å². The molecule has 1 aromatic carbocycles. The maximum atomic E-state index is 13.6. The highest BCUT2D eigenvalue weighted by atomic mass is 79.9. The number of pyridine rings is 1. The van der Waals surface area contributed by atoms with Crippen molar-refractivity contribution in [3.8, 4) is 11.5 Å². The van der Waals surface area contributed by atoms with E-state index in [4.69, 9.17) is 4.42 Å². The van der Waals surface area contributed by atoms with Gasteiger partial charge in [-0.1, -0.05) is 0 Å². The predicted octanol–water partition coefficient (Wildman–Crippen LogP) is 4.09. The van der Waals surface area contributed by atoms with Gasteiger partial charge in [-0.2, -0.15) is 0 Å². The number of rotatable bonds is 2. The standard InChI is InChI=1S/C14H7BrFNO3/c15-9-4-7-8(14(18)19)5-12(13-2-1-3-20-13)17-11(7)6-10(9)16/h1-6H,(H,18,19). The molecule has 2 aromatic heterocycles. The lowest BCUT2D eigenvalue weighted by Crippen LogP contribution is -2.00. The summed E-state index contributed by atoms with van der Waals surface area (Å²) in [5, 5.41) is 9.66. The molecule has 3 rings (SSSR count). The Bertz CT molecular complexity index is 815. The molecule has 100 valence electrons. The van der Waals surface area contributed by atoms with Crippen LogP contribution in [0.5, 0.6) is 0 Å². The SMILES string of the molecule is O=C(O)c1cc(-c2ccco2)nc2cc(F)c(Br)cc12. The third kappa shape index (κ3) is 2.08. The number of aromatic nitrogens is 1. The molecule has 0 aliphatic rings. The number of carboxylic acids is 1. The Morgan fingerprint density at radius 3 is 2.80 bits per heavy atom. The molecule has 2 heterocycles. The summed E-state index contributed by atoms with van der Waals surface area (Å²) in [5.41, 5.74) is 0.653. The average molecular weight is 336 g/mol. The minimum absolute atomic E-state index is 0.0436. The van der Waals surface area contributed by atoms with Crippen LogP contribution in [-0.4, -0.2) is 16.1 Å². The summed E-state index contributed by atoms with van der Waals surface area (Å²) in [7, 11) is 0. The van der Waals surface area contributed by atoms with E-state index in [1.54, 1.807) is 12.1 Å². The predicted molar refractivity (Wildman–Crippen MR) is 74.1 cm³/mol. The molecule has 1 N–H and O–H groups in total. The van der Waals surface area contributed by atoms with Crippen molar-refractivity contribution in [1.29, 1.82) is 0 Å². The molecule has 0 saturated carbocycles. The van der Waals surface area contributed by atoms with E-state index in [1.165, 1.54) is 24.5 Å². The molecular formula is C14H7BrFNO3. The largest absolute Gasteiger partial charge is 0.478 e. The van der Waals surface area contributed by atoms with Gasteiger partial charge >= 0.3 is 5.97 Å². The summed E-state index contributed by atoms with van der Waals surface area (Å²) < 4.78 is 19.0. The lowest BCUT2D eigenvalue weighted by molar-refractivity contribution is 0.0699. The topological polar surface area (TPSA) is 63.3 Å². The van der Waals surface area contributed by atoms with Crippen molar-refractivity contribution in [2.75, 3.05) is 0 Å². The fourth-order valence-corrected chi connectivity index (χ4v) is 2.29. The minimum atomic E-state index is -1.11. The second-order valence-electron chi connectivity index (χ2n) is 4.12. The van der Waals surface area contributed by atoms with Crippen LogP contribution < -0.4 is 0 Å². The average Bonchev–Trinajstić information content (AvgIpc) is 2.92. The van der Waals surface area contributed by atoms with Gasteiger partial charge in [0.15, 0.2) is 5.76 Å². The van der Waals surface area contributed by atoms with Crippen molar-refractivity contribution in [3.05, 3.63) is 52.4 Å². The van der Waals surface area contributed by atoms with E-state index in [1.807, 2.05) is 0 Å². The molecule has 0 radical (unpaired) electrons. The zero-order valence-corrected chi connectivity index (χ0v) is 11.5. The lowest BCUT2D eigenvalue weighted by Gasteiger charge is -2.06. The van der Waals surface area contributed by atoms with Gasteiger partial charge in [-0.05, 0) is 40.2 Å². The van der Waals surface area contributed by atoms with Crippen LogP contribution in [0.2, 0.25) is 0 Å².